The molecule has 2 rings (SSSR count). The minimum atomic E-state index is -0.886. The Morgan fingerprint density at radius 2 is 1.87 bits per heavy atom. The van der Waals surface area contributed by atoms with Gasteiger partial charge >= 0.3 is 5.97 Å². The largest absolute Gasteiger partial charge is 0.481 e. The number of rotatable bonds is 3. The van der Waals surface area contributed by atoms with Crippen molar-refractivity contribution in [3.63, 3.8) is 0 Å². The first kappa shape index (κ1) is 9.71. The third kappa shape index (κ3) is 2.15. The Balaban J connectivity index is 1.92. The van der Waals surface area contributed by atoms with E-state index < -0.39 is 11.9 Å². The number of carboxylic acids is 1. The normalized spacial score (nSPS) is 23.2. The van der Waals surface area contributed by atoms with Crippen LogP contribution in [-0.2, 0) is 9.59 Å². The molecule has 2 N–H and O–H groups in total. The van der Waals surface area contributed by atoms with Crippen molar-refractivity contribution in [1.82, 2.24) is 0 Å². The van der Waals surface area contributed by atoms with Crippen molar-refractivity contribution >= 4 is 17.6 Å². The molecule has 1 aliphatic rings. The Morgan fingerprint density at radius 3 is 2.40 bits per heavy atom. The second kappa shape index (κ2) is 3.73. The Hall–Kier alpha value is -1.84. The lowest BCUT2D eigenvalue weighted by atomic mass is 10.2. The molecule has 15 heavy (non-hydrogen) atoms. The smallest absolute Gasteiger partial charge is 0.307 e. The highest BCUT2D eigenvalue weighted by molar-refractivity contribution is 5.98. The standard InChI is InChI=1S/C11H11NO3/c13-10(8-6-9(8)11(14)15)12-7-4-2-1-3-5-7/h1-5,8-9H,6H2,(H,12,13)(H,14,15)/t8-,9-/m1/s1. The predicted octanol–water partition coefficient (Wildman–Crippen LogP) is 1.35. The first-order valence-electron chi connectivity index (χ1n) is 4.77. The van der Waals surface area contributed by atoms with Gasteiger partial charge in [0, 0.05) is 5.69 Å². The third-order valence-electron chi connectivity index (χ3n) is 2.49. The van der Waals surface area contributed by atoms with E-state index in [2.05, 4.69) is 5.32 Å². The fourth-order valence-electron chi connectivity index (χ4n) is 1.51. The molecule has 0 unspecified atom stereocenters. The number of hydrogen-bond acceptors (Lipinski definition) is 2. The maximum atomic E-state index is 11.5. The van der Waals surface area contributed by atoms with Gasteiger partial charge in [-0.25, -0.2) is 0 Å². The number of amides is 1. The van der Waals surface area contributed by atoms with Crippen LogP contribution in [0.3, 0.4) is 0 Å². The van der Waals surface area contributed by atoms with E-state index in [0.29, 0.717) is 12.1 Å². The molecule has 0 spiro atoms. The van der Waals surface area contributed by atoms with E-state index >= 15 is 0 Å². The van der Waals surface area contributed by atoms with Gasteiger partial charge in [-0.05, 0) is 18.6 Å². The highest BCUT2D eigenvalue weighted by Crippen LogP contribution is 2.39. The zero-order valence-corrected chi connectivity index (χ0v) is 8.01. The summed E-state index contributed by atoms with van der Waals surface area (Å²) in [5, 5.41) is 11.3. The number of para-hydroxylation sites is 1. The third-order valence-corrected chi connectivity index (χ3v) is 2.49. The van der Waals surface area contributed by atoms with E-state index in [1.807, 2.05) is 18.2 Å². The van der Waals surface area contributed by atoms with E-state index in [9.17, 15) is 9.59 Å². The minimum absolute atomic E-state index is 0.200. The lowest BCUT2D eigenvalue weighted by Crippen LogP contribution is -2.16. The molecular formula is C11H11NO3. The average Bonchev–Trinajstić information content (AvgIpc) is 2.98. The van der Waals surface area contributed by atoms with Gasteiger partial charge in [0.2, 0.25) is 5.91 Å². The molecule has 0 aliphatic heterocycles. The summed E-state index contributed by atoms with van der Waals surface area (Å²) >= 11 is 0. The molecule has 1 amide bonds. The lowest BCUT2D eigenvalue weighted by Gasteiger charge is -2.02. The van der Waals surface area contributed by atoms with Gasteiger partial charge < -0.3 is 10.4 Å². The second-order valence-electron chi connectivity index (χ2n) is 3.64. The first-order valence-corrected chi connectivity index (χ1v) is 4.77. The van der Waals surface area contributed by atoms with Crippen LogP contribution >= 0.6 is 0 Å². The van der Waals surface area contributed by atoms with Gasteiger partial charge in [-0.2, -0.15) is 0 Å². The van der Waals surface area contributed by atoms with Gasteiger partial charge in [-0.3, -0.25) is 9.59 Å². The number of benzene rings is 1. The summed E-state index contributed by atoms with van der Waals surface area (Å²) in [6, 6.07) is 9.04. The van der Waals surface area contributed by atoms with Crippen LogP contribution in [0.1, 0.15) is 6.42 Å². The van der Waals surface area contributed by atoms with Crippen LogP contribution in [0.2, 0.25) is 0 Å². The summed E-state index contributed by atoms with van der Waals surface area (Å²) in [6.45, 7) is 0. The van der Waals surface area contributed by atoms with E-state index in [1.54, 1.807) is 12.1 Å². The quantitative estimate of drug-likeness (QED) is 0.782. The SMILES string of the molecule is O=C(O)[C@@H]1C[C@H]1C(=O)Nc1ccccc1. The second-order valence-corrected chi connectivity index (χ2v) is 3.64. The fraction of sp³-hybridized carbons (Fsp3) is 0.273. The lowest BCUT2D eigenvalue weighted by molar-refractivity contribution is -0.139. The topological polar surface area (TPSA) is 66.4 Å². The van der Waals surface area contributed by atoms with E-state index in [4.69, 9.17) is 5.11 Å². The van der Waals surface area contributed by atoms with Gasteiger partial charge in [-0.1, -0.05) is 18.2 Å². The summed E-state index contributed by atoms with van der Waals surface area (Å²) in [5.41, 5.74) is 0.707. The number of carbonyl (C=O) groups excluding carboxylic acids is 1. The molecule has 4 nitrogen and oxygen atoms in total. The number of aliphatic carboxylic acids is 1. The summed E-state index contributed by atoms with van der Waals surface area (Å²) < 4.78 is 0. The molecule has 0 aromatic heterocycles. The van der Waals surface area contributed by atoms with Crippen molar-refractivity contribution < 1.29 is 14.7 Å². The van der Waals surface area contributed by atoms with Gasteiger partial charge in [0.15, 0.2) is 0 Å². The molecule has 0 radical (unpaired) electrons. The number of hydrogen-bond donors (Lipinski definition) is 2. The minimum Gasteiger partial charge on any atom is -0.481 e. The molecule has 0 bridgehead atoms. The molecule has 4 heteroatoms. The molecule has 78 valence electrons. The molecule has 0 saturated heterocycles. The number of anilines is 1. The van der Waals surface area contributed by atoms with Crippen molar-refractivity contribution in [2.24, 2.45) is 11.8 Å². The Kier molecular flexibility index (Phi) is 2.41. The molecule has 1 aromatic rings. The van der Waals surface area contributed by atoms with Crippen LogP contribution in [0.4, 0.5) is 5.69 Å². The predicted molar refractivity (Wildman–Crippen MR) is 54.3 cm³/mol. The zero-order valence-electron chi connectivity index (χ0n) is 8.01. The van der Waals surface area contributed by atoms with Gasteiger partial charge in [0.1, 0.15) is 0 Å². The number of nitrogens with one attached hydrogen (secondary N) is 1. The van der Waals surface area contributed by atoms with Crippen LogP contribution in [-0.4, -0.2) is 17.0 Å². The van der Waals surface area contributed by atoms with Gasteiger partial charge in [0.25, 0.3) is 0 Å². The average molecular weight is 205 g/mol. The zero-order chi connectivity index (χ0) is 10.8. The summed E-state index contributed by atoms with van der Waals surface area (Å²) in [7, 11) is 0. The monoisotopic (exact) mass is 205 g/mol. The van der Waals surface area contributed by atoms with Gasteiger partial charge in [0.05, 0.1) is 11.8 Å². The van der Waals surface area contributed by atoms with Crippen LogP contribution in [0.5, 0.6) is 0 Å². The summed E-state index contributed by atoms with van der Waals surface area (Å²) in [5.74, 6) is -1.94. The van der Waals surface area contributed by atoms with Crippen molar-refractivity contribution in [3.05, 3.63) is 30.3 Å². The van der Waals surface area contributed by atoms with Crippen LogP contribution < -0.4 is 5.32 Å². The molecule has 1 fully saturated rings. The summed E-state index contributed by atoms with van der Waals surface area (Å²) in [4.78, 5) is 22.1. The molecule has 2 atom stereocenters. The van der Waals surface area contributed by atoms with E-state index in [-0.39, 0.29) is 11.8 Å². The number of carboxylic acid groups (broad SMARTS) is 1. The maximum absolute atomic E-state index is 11.5. The summed E-state index contributed by atoms with van der Waals surface area (Å²) in [6.07, 6.45) is 0.452. The van der Waals surface area contributed by atoms with E-state index in [0.717, 1.165) is 0 Å². The fourth-order valence-corrected chi connectivity index (χ4v) is 1.51. The van der Waals surface area contributed by atoms with Crippen molar-refractivity contribution in [1.29, 1.82) is 0 Å². The van der Waals surface area contributed by atoms with Crippen LogP contribution in [0, 0.1) is 11.8 Å². The molecule has 1 aromatic carbocycles. The van der Waals surface area contributed by atoms with Crippen molar-refractivity contribution in [2.45, 2.75) is 6.42 Å². The Labute approximate surface area is 86.9 Å². The Bertz CT molecular complexity index is 388. The van der Waals surface area contributed by atoms with E-state index in [1.165, 1.54) is 0 Å². The molecular weight excluding hydrogens is 194 g/mol. The van der Waals surface area contributed by atoms with Crippen LogP contribution in [0.25, 0.3) is 0 Å². The number of carbonyl (C=O) groups is 2. The Morgan fingerprint density at radius 1 is 1.20 bits per heavy atom. The molecule has 1 saturated carbocycles. The molecule has 1 aliphatic carbocycles. The van der Waals surface area contributed by atoms with Gasteiger partial charge in [-0.15, -0.1) is 0 Å². The molecule has 0 heterocycles. The van der Waals surface area contributed by atoms with Crippen molar-refractivity contribution in [3.8, 4) is 0 Å². The van der Waals surface area contributed by atoms with Crippen molar-refractivity contribution in [2.75, 3.05) is 5.32 Å². The maximum Gasteiger partial charge on any atom is 0.307 e. The van der Waals surface area contributed by atoms with Crippen LogP contribution in [0.15, 0.2) is 30.3 Å². The first-order chi connectivity index (χ1) is 7.18. The highest BCUT2D eigenvalue weighted by Gasteiger charge is 2.48. The highest BCUT2D eigenvalue weighted by atomic mass is 16.4.